The van der Waals surface area contributed by atoms with Crippen LogP contribution in [0.4, 0.5) is 4.79 Å². The molecule has 3 aliphatic rings. The van der Waals surface area contributed by atoms with Crippen molar-refractivity contribution >= 4 is 11.9 Å². The molecule has 1 aliphatic carbocycles. The van der Waals surface area contributed by atoms with E-state index < -0.39 is 0 Å². The summed E-state index contributed by atoms with van der Waals surface area (Å²) < 4.78 is 0. The first kappa shape index (κ1) is 16.6. The van der Waals surface area contributed by atoms with Crippen molar-refractivity contribution in [1.82, 2.24) is 15.1 Å². The first-order valence-corrected chi connectivity index (χ1v) is 9.58. The van der Waals surface area contributed by atoms with Gasteiger partial charge in [-0.05, 0) is 44.9 Å². The largest absolute Gasteiger partial charge is 0.342 e. The summed E-state index contributed by atoms with van der Waals surface area (Å²) in [5.41, 5.74) is 0. The van der Waals surface area contributed by atoms with Crippen molar-refractivity contribution < 1.29 is 9.59 Å². The summed E-state index contributed by atoms with van der Waals surface area (Å²) >= 11 is 0. The van der Waals surface area contributed by atoms with Crippen LogP contribution in [0.1, 0.15) is 64.2 Å². The Labute approximate surface area is 139 Å². The molecule has 0 radical (unpaired) electrons. The standard InChI is InChI=1S/C18H31N3O2/c22-17(20-11-5-2-6-12-20)15-9-13-21(14-10-15)18(23)19-16-7-3-1-4-8-16/h15-16H,1-14H2,(H,19,23). The number of carbonyl (C=O) groups excluding carboxylic acids is 2. The van der Waals surface area contributed by atoms with Crippen LogP contribution >= 0.6 is 0 Å². The lowest BCUT2D eigenvalue weighted by Gasteiger charge is -2.36. The summed E-state index contributed by atoms with van der Waals surface area (Å²) in [4.78, 5) is 28.9. The van der Waals surface area contributed by atoms with E-state index in [1.807, 2.05) is 9.80 Å². The molecule has 23 heavy (non-hydrogen) atoms. The van der Waals surface area contributed by atoms with Crippen molar-refractivity contribution in [2.24, 2.45) is 5.92 Å². The van der Waals surface area contributed by atoms with E-state index in [4.69, 9.17) is 0 Å². The number of nitrogens with one attached hydrogen (secondary N) is 1. The number of likely N-dealkylation sites (tertiary alicyclic amines) is 2. The second kappa shape index (κ2) is 8.02. The van der Waals surface area contributed by atoms with Crippen molar-refractivity contribution in [2.45, 2.75) is 70.3 Å². The smallest absolute Gasteiger partial charge is 0.317 e. The second-order valence-electron chi connectivity index (χ2n) is 7.43. The summed E-state index contributed by atoms with van der Waals surface area (Å²) in [5, 5.41) is 3.19. The van der Waals surface area contributed by atoms with Crippen LogP contribution in [0.25, 0.3) is 0 Å². The maximum atomic E-state index is 12.6. The zero-order valence-electron chi connectivity index (χ0n) is 14.3. The van der Waals surface area contributed by atoms with Gasteiger partial charge in [-0.2, -0.15) is 0 Å². The van der Waals surface area contributed by atoms with E-state index in [-0.39, 0.29) is 11.9 Å². The predicted octanol–water partition coefficient (Wildman–Crippen LogP) is 2.75. The number of rotatable bonds is 2. The SMILES string of the molecule is O=C(NC1CCCCC1)N1CCC(C(=O)N2CCCCC2)CC1. The molecule has 0 unspecified atom stereocenters. The van der Waals surface area contributed by atoms with E-state index in [0.717, 1.165) is 64.7 Å². The Balaban J connectivity index is 1.42. The minimum Gasteiger partial charge on any atom is -0.342 e. The van der Waals surface area contributed by atoms with Gasteiger partial charge >= 0.3 is 6.03 Å². The highest BCUT2D eigenvalue weighted by molar-refractivity contribution is 5.80. The lowest BCUT2D eigenvalue weighted by atomic mass is 9.94. The minimum atomic E-state index is 0.0840. The summed E-state index contributed by atoms with van der Waals surface area (Å²) in [6.45, 7) is 3.31. The first-order valence-electron chi connectivity index (χ1n) is 9.58. The Kier molecular flexibility index (Phi) is 5.79. The van der Waals surface area contributed by atoms with Crippen molar-refractivity contribution in [1.29, 1.82) is 0 Å². The molecule has 3 fully saturated rings. The quantitative estimate of drug-likeness (QED) is 0.850. The molecule has 1 N–H and O–H groups in total. The van der Waals surface area contributed by atoms with E-state index in [2.05, 4.69) is 5.32 Å². The molecule has 3 amide bonds. The summed E-state index contributed by atoms with van der Waals surface area (Å²) in [7, 11) is 0. The van der Waals surface area contributed by atoms with Gasteiger partial charge in [0.1, 0.15) is 0 Å². The molecule has 0 bridgehead atoms. The van der Waals surface area contributed by atoms with Crippen molar-refractivity contribution in [3.63, 3.8) is 0 Å². The molecule has 2 heterocycles. The highest BCUT2D eigenvalue weighted by atomic mass is 16.2. The van der Waals surface area contributed by atoms with E-state index in [9.17, 15) is 9.59 Å². The van der Waals surface area contributed by atoms with E-state index >= 15 is 0 Å². The van der Waals surface area contributed by atoms with Gasteiger partial charge in [-0.3, -0.25) is 4.79 Å². The third kappa shape index (κ3) is 4.39. The molecule has 130 valence electrons. The Morgan fingerprint density at radius 3 is 1.96 bits per heavy atom. The van der Waals surface area contributed by atoms with E-state index in [0.29, 0.717) is 11.9 Å². The molecule has 0 aromatic carbocycles. The van der Waals surface area contributed by atoms with Crippen LogP contribution in [0.3, 0.4) is 0 Å². The highest BCUT2D eigenvalue weighted by Gasteiger charge is 2.31. The zero-order chi connectivity index (χ0) is 16.1. The lowest BCUT2D eigenvalue weighted by molar-refractivity contribution is -0.137. The number of amides is 3. The fourth-order valence-corrected chi connectivity index (χ4v) is 4.21. The maximum absolute atomic E-state index is 12.6. The van der Waals surface area contributed by atoms with Crippen LogP contribution in [0.2, 0.25) is 0 Å². The Morgan fingerprint density at radius 1 is 0.696 bits per heavy atom. The summed E-state index contributed by atoms with van der Waals surface area (Å²) in [6, 6.07) is 0.449. The van der Waals surface area contributed by atoms with Crippen LogP contribution in [-0.4, -0.2) is 54.0 Å². The number of urea groups is 1. The van der Waals surface area contributed by atoms with Crippen molar-refractivity contribution in [3.8, 4) is 0 Å². The Hall–Kier alpha value is -1.26. The van der Waals surface area contributed by atoms with Gasteiger partial charge in [0.05, 0.1) is 0 Å². The van der Waals surface area contributed by atoms with Gasteiger partial charge in [-0.1, -0.05) is 19.3 Å². The van der Waals surface area contributed by atoms with Crippen molar-refractivity contribution in [2.75, 3.05) is 26.2 Å². The molecule has 1 saturated carbocycles. The molecule has 3 rings (SSSR count). The van der Waals surface area contributed by atoms with Crippen LogP contribution in [0.5, 0.6) is 0 Å². The lowest BCUT2D eigenvalue weighted by Crippen LogP contribution is -2.50. The number of hydrogen-bond acceptors (Lipinski definition) is 2. The number of carbonyl (C=O) groups is 2. The second-order valence-corrected chi connectivity index (χ2v) is 7.43. The average molecular weight is 321 g/mol. The molecule has 2 aliphatic heterocycles. The summed E-state index contributed by atoms with van der Waals surface area (Å²) in [5.74, 6) is 0.462. The van der Waals surface area contributed by atoms with Gasteiger partial charge in [0.2, 0.25) is 5.91 Å². The van der Waals surface area contributed by atoms with Crippen LogP contribution in [0.15, 0.2) is 0 Å². The van der Waals surface area contributed by atoms with Gasteiger partial charge < -0.3 is 15.1 Å². The van der Waals surface area contributed by atoms with E-state index in [1.54, 1.807) is 0 Å². The fraction of sp³-hybridized carbons (Fsp3) is 0.889. The van der Waals surface area contributed by atoms with Gasteiger partial charge in [-0.25, -0.2) is 4.79 Å². The maximum Gasteiger partial charge on any atom is 0.317 e. The van der Waals surface area contributed by atoms with Crippen molar-refractivity contribution in [3.05, 3.63) is 0 Å². The van der Waals surface area contributed by atoms with Gasteiger partial charge in [0.25, 0.3) is 0 Å². The van der Waals surface area contributed by atoms with Crippen LogP contribution in [-0.2, 0) is 4.79 Å². The molecule has 2 saturated heterocycles. The molecular formula is C18H31N3O2. The van der Waals surface area contributed by atoms with Crippen LogP contribution < -0.4 is 5.32 Å². The summed E-state index contributed by atoms with van der Waals surface area (Å²) in [6.07, 6.45) is 11.2. The first-order chi connectivity index (χ1) is 11.2. The number of piperidine rings is 2. The van der Waals surface area contributed by atoms with Crippen LogP contribution in [0, 0.1) is 5.92 Å². The number of hydrogen-bond donors (Lipinski definition) is 1. The third-order valence-electron chi connectivity index (χ3n) is 5.73. The topological polar surface area (TPSA) is 52.7 Å². The fourth-order valence-electron chi connectivity index (χ4n) is 4.21. The molecule has 0 spiro atoms. The minimum absolute atomic E-state index is 0.0840. The van der Waals surface area contributed by atoms with Gasteiger partial charge in [0.15, 0.2) is 0 Å². The van der Waals surface area contributed by atoms with Gasteiger partial charge in [0, 0.05) is 38.1 Å². The van der Waals surface area contributed by atoms with Gasteiger partial charge in [-0.15, -0.1) is 0 Å². The number of nitrogens with zero attached hydrogens (tertiary/aromatic N) is 2. The highest BCUT2D eigenvalue weighted by Crippen LogP contribution is 2.23. The third-order valence-corrected chi connectivity index (χ3v) is 5.73. The normalized spacial score (nSPS) is 24.5. The molecule has 5 heteroatoms. The molecule has 5 nitrogen and oxygen atoms in total. The molecule has 0 aromatic rings. The molecular weight excluding hydrogens is 290 g/mol. The molecule has 0 atom stereocenters. The monoisotopic (exact) mass is 321 g/mol. The average Bonchev–Trinajstić information content (AvgIpc) is 2.63. The molecule has 0 aromatic heterocycles. The Bertz CT molecular complexity index is 406. The zero-order valence-corrected chi connectivity index (χ0v) is 14.3. The Morgan fingerprint density at radius 2 is 1.30 bits per heavy atom. The predicted molar refractivity (Wildman–Crippen MR) is 90.1 cm³/mol. The van der Waals surface area contributed by atoms with E-state index in [1.165, 1.54) is 25.7 Å².